The van der Waals surface area contributed by atoms with Crippen LogP contribution in [0.3, 0.4) is 0 Å². The molecule has 4 aliphatic carbocycles. The third kappa shape index (κ3) is 4.09. The van der Waals surface area contributed by atoms with E-state index in [1.54, 1.807) is 6.92 Å². The van der Waals surface area contributed by atoms with E-state index in [0.717, 1.165) is 50.5 Å². The largest absolute Gasteiger partial charge is 0.458 e. The summed E-state index contributed by atoms with van der Waals surface area (Å²) in [6.45, 7) is 6.48. The summed E-state index contributed by atoms with van der Waals surface area (Å²) in [7, 11) is 1.48. The van der Waals surface area contributed by atoms with Crippen LogP contribution in [0.4, 0.5) is 0 Å². The Hall–Kier alpha value is -1.07. The minimum atomic E-state index is -1.06. The number of fused-ring (bicyclic) bond motifs is 5. The second-order valence-electron chi connectivity index (χ2n) is 13.9. The monoisotopic (exact) mass is 550 g/mol. The van der Waals surface area contributed by atoms with E-state index >= 15 is 0 Å². The second-order valence-corrected chi connectivity index (χ2v) is 13.9. The number of rotatable bonds is 4. The second kappa shape index (κ2) is 9.75. The van der Waals surface area contributed by atoms with Crippen LogP contribution in [0.15, 0.2) is 11.6 Å². The van der Waals surface area contributed by atoms with Crippen molar-refractivity contribution in [2.24, 2.45) is 34.5 Å². The van der Waals surface area contributed by atoms with Gasteiger partial charge in [0.15, 0.2) is 6.29 Å². The highest BCUT2D eigenvalue weighted by Crippen LogP contribution is 2.70. The van der Waals surface area contributed by atoms with Gasteiger partial charge < -0.3 is 39.4 Å². The van der Waals surface area contributed by atoms with Gasteiger partial charge in [0.1, 0.15) is 24.9 Å². The van der Waals surface area contributed by atoms with Crippen molar-refractivity contribution in [1.29, 1.82) is 0 Å². The summed E-state index contributed by atoms with van der Waals surface area (Å²) < 4.78 is 22.7. The highest BCUT2D eigenvalue weighted by atomic mass is 16.7. The van der Waals surface area contributed by atoms with Crippen molar-refractivity contribution < 1.29 is 44.2 Å². The Morgan fingerprint density at radius 1 is 1.03 bits per heavy atom. The first-order valence-electron chi connectivity index (χ1n) is 14.9. The van der Waals surface area contributed by atoms with Gasteiger partial charge in [0.2, 0.25) is 0 Å². The number of ether oxygens (including phenoxy) is 4. The summed E-state index contributed by atoms with van der Waals surface area (Å²) in [6.07, 6.45) is 3.40. The van der Waals surface area contributed by atoms with Gasteiger partial charge >= 0.3 is 5.97 Å². The van der Waals surface area contributed by atoms with Crippen molar-refractivity contribution in [2.45, 2.75) is 121 Å². The number of carbonyl (C=O) groups is 1. The van der Waals surface area contributed by atoms with Crippen molar-refractivity contribution in [3.63, 3.8) is 0 Å². The van der Waals surface area contributed by atoms with Gasteiger partial charge in [-0.1, -0.05) is 13.8 Å². The van der Waals surface area contributed by atoms with Gasteiger partial charge in [0.25, 0.3) is 0 Å². The van der Waals surface area contributed by atoms with Crippen LogP contribution in [0.5, 0.6) is 0 Å². The van der Waals surface area contributed by atoms with Crippen LogP contribution in [-0.2, 0) is 23.7 Å². The number of carbonyl (C=O) groups excluding carboxylic acids is 1. The van der Waals surface area contributed by atoms with Crippen LogP contribution in [-0.4, -0.2) is 88.6 Å². The standard InChI is InChI=1S/C30H46O9/c1-15-24(33)26(36-4)25(34)27(38-15)39-18-7-9-28(2)17(12-18)5-6-20-19(28)8-10-29(3)23(16-11-22(32)37-14-16)21(31)13-30(20,29)35/h11,15,17-21,23-27,31,33-35H,5-10,12-14H2,1-4H3/t15-,17?,18?,19+,20-,21?,23?,24+,25-,26+,27+,28?,29?,30?/m1/s1. The lowest BCUT2D eigenvalue weighted by molar-refractivity contribution is -0.313. The van der Waals surface area contributed by atoms with E-state index in [0.29, 0.717) is 18.3 Å². The summed E-state index contributed by atoms with van der Waals surface area (Å²) in [5.74, 6) is 0.260. The van der Waals surface area contributed by atoms with E-state index in [1.807, 2.05) is 0 Å². The van der Waals surface area contributed by atoms with Crippen molar-refractivity contribution in [2.75, 3.05) is 13.7 Å². The number of hydrogen-bond donors (Lipinski definition) is 4. The predicted octanol–water partition coefficient (Wildman–Crippen LogP) is 2.08. The maximum absolute atomic E-state index is 12.4. The molecule has 6 rings (SSSR count). The first-order chi connectivity index (χ1) is 18.4. The molecular formula is C30H46O9. The molecule has 0 spiro atoms. The van der Waals surface area contributed by atoms with Gasteiger partial charge in [-0.05, 0) is 80.6 Å². The number of esters is 1. The Labute approximate surface area is 230 Å². The lowest BCUT2D eigenvalue weighted by Crippen LogP contribution is -2.62. The van der Waals surface area contributed by atoms with Crippen LogP contribution in [0.1, 0.15) is 72.1 Å². The van der Waals surface area contributed by atoms with Crippen molar-refractivity contribution >= 4 is 5.97 Å². The van der Waals surface area contributed by atoms with Crippen molar-refractivity contribution in [1.82, 2.24) is 0 Å². The fourth-order valence-corrected chi connectivity index (χ4v) is 10.2. The van der Waals surface area contributed by atoms with Crippen LogP contribution in [0.25, 0.3) is 0 Å². The van der Waals surface area contributed by atoms with E-state index in [4.69, 9.17) is 18.9 Å². The Morgan fingerprint density at radius 3 is 2.49 bits per heavy atom. The smallest absolute Gasteiger partial charge is 0.331 e. The highest BCUT2D eigenvalue weighted by Gasteiger charge is 2.70. The van der Waals surface area contributed by atoms with Crippen molar-refractivity contribution in [3.05, 3.63) is 11.6 Å². The van der Waals surface area contributed by atoms with Gasteiger partial charge in [0, 0.05) is 30.9 Å². The van der Waals surface area contributed by atoms with Crippen LogP contribution in [0, 0.1) is 34.5 Å². The molecule has 0 bridgehead atoms. The normalized spacial score (nSPS) is 55.3. The molecule has 9 heteroatoms. The molecule has 14 atom stereocenters. The third-order valence-electron chi connectivity index (χ3n) is 12.3. The Morgan fingerprint density at radius 2 is 1.79 bits per heavy atom. The molecule has 0 amide bonds. The molecule has 220 valence electrons. The third-order valence-corrected chi connectivity index (χ3v) is 12.3. The molecule has 2 heterocycles. The number of aliphatic hydroxyl groups excluding tert-OH is 3. The van der Waals surface area contributed by atoms with Crippen LogP contribution < -0.4 is 0 Å². The van der Waals surface area contributed by atoms with Crippen LogP contribution >= 0.6 is 0 Å². The Kier molecular flexibility index (Phi) is 7.02. The molecule has 39 heavy (non-hydrogen) atoms. The zero-order valence-corrected chi connectivity index (χ0v) is 23.6. The predicted molar refractivity (Wildman–Crippen MR) is 139 cm³/mol. The summed E-state index contributed by atoms with van der Waals surface area (Å²) >= 11 is 0. The average Bonchev–Trinajstić information content (AvgIpc) is 3.39. The maximum Gasteiger partial charge on any atom is 0.331 e. The van der Waals surface area contributed by atoms with Gasteiger partial charge in [0.05, 0.1) is 23.9 Å². The maximum atomic E-state index is 12.4. The number of cyclic esters (lactones) is 1. The molecule has 0 aromatic carbocycles. The molecule has 7 unspecified atom stereocenters. The Bertz CT molecular complexity index is 1000. The molecular weight excluding hydrogens is 504 g/mol. The summed E-state index contributed by atoms with van der Waals surface area (Å²) in [5, 5.41) is 44.7. The first kappa shape index (κ1) is 28.1. The molecule has 6 aliphatic rings. The summed E-state index contributed by atoms with van der Waals surface area (Å²) in [4.78, 5) is 11.8. The topological polar surface area (TPSA) is 135 Å². The molecule has 4 saturated carbocycles. The number of aliphatic hydroxyl groups is 4. The van der Waals surface area contributed by atoms with Gasteiger partial charge in [-0.15, -0.1) is 0 Å². The minimum Gasteiger partial charge on any atom is -0.458 e. The number of hydrogen-bond acceptors (Lipinski definition) is 9. The van der Waals surface area contributed by atoms with E-state index < -0.39 is 47.8 Å². The number of methoxy groups -OCH3 is 1. The van der Waals surface area contributed by atoms with Crippen molar-refractivity contribution in [3.8, 4) is 0 Å². The zero-order valence-electron chi connectivity index (χ0n) is 23.6. The SMILES string of the molecule is CO[C@H]1[C@@H](O)[C@@H](C)O[C@@H](OC2CCC3(C)C(CC[C@@H]4[C@@H]3CCC3(C)C(C5=CC(=O)OC5)C(O)CC43O)C2)[C@@H]1O. The average molecular weight is 551 g/mol. The molecule has 2 aliphatic heterocycles. The van der Waals surface area contributed by atoms with Crippen LogP contribution in [0.2, 0.25) is 0 Å². The molecule has 0 radical (unpaired) electrons. The molecule has 9 nitrogen and oxygen atoms in total. The summed E-state index contributed by atoms with van der Waals surface area (Å²) in [6, 6.07) is 0. The van der Waals surface area contributed by atoms with E-state index in [1.165, 1.54) is 13.2 Å². The molecule has 0 aromatic rings. The van der Waals surface area contributed by atoms with Gasteiger partial charge in [-0.2, -0.15) is 0 Å². The van der Waals surface area contributed by atoms with E-state index in [2.05, 4.69) is 13.8 Å². The van der Waals surface area contributed by atoms with Gasteiger partial charge in [-0.3, -0.25) is 0 Å². The zero-order chi connectivity index (χ0) is 27.9. The van der Waals surface area contributed by atoms with Gasteiger partial charge in [-0.25, -0.2) is 4.79 Å². The van der Waals surface area contributed by atoms with E-state index in [-0.39, 0.29) is 35.9 Å². The molecule has 1 saturated heterocycles. The Balaban J connectivity index is 1.17. The minimum absolute atomic E-state index is 0.0547. The fourth-order valence-electron chi connectivity index (χ4n) is 10.2. The summed E-state index contributed by atoms with van der Waals surface area (Å²) in [5.41, 5.74) is -0.601. The fraction of sp³-hybridized carbons (Fsp3) is 0.900. The molecule has 4 N–H and O–H groups in total. The molecule has 0 aromatic heterocycles. The lowest BCUT2D eigenvalue weighted by atomic mass is 9.43. The molecule has 5 fully saturated rings. The quantitative estimate of drug-likeness (QED) is 0.307. The first-order valence-corrected chi connectivity index (χ1v) is 14.9. The highest BCUT2D eigenvalue weighted by molar-refractivity contribution is 5.85. The van der Waals surface area contributed by atoms with E-state index in [9.17, 15) is 25.2 Å². The lowest BCUT2D eigenvalue weighted by Gasteiger charge is -2.63.